The second kappa shape index (κ2) is 6.02. The quantitative estimate of drug-likeness (QED) is 0.690. The summed E-state index contributed by atoms with van der Waals surface area (Å²) in [6.07, 6.45) is 5.49. The molecule has 1 heterocycles. The minimum absolute atomic E-state index is 0.750. The van der Waals surface area contributed by atoms with E-state index in [9.17, 15) is 0 Å². The maximum Gasteiger partial charge on any atom is 0.0273 e. The van der Waals surface area contributed by atoms with Crippen LogP contribution < -0.4 is 0 Å². The smallest absolute Gasteiger partial charge is 0.0273 e. The first-order valence-corrected chi connectivity index (χ1v) is 6.46. The molecule has 1 fully saturated rings. The molecular formula is C11H22BrN. The molecule has 0 aromatic rings. The van der Waals surface area contributed by atoms with Crippen LogP contribution in [0.25, 0.3) is 0 Å². The van der Waals surface area contributed by atoms with Crippen LogP contribution in [0.15, 0.2) is 0 Å². The Kier molecular flexibility index (Phi) is 5.34. The zero-order chi connectivity index (χ0) is 9.68. The highest BCUT2D eigenvalue weighted by Crippen LogP contribution is 2.17. The molecule has 1 saturated heterocycles. The molecule has 1 aliphatic rings. The Morgan fingerprint density at radius 2 is 2.23 bits per heavy atom. The number of hydrogen-bond acceptors (Lipinski definition) is 1. The number of likely N-dealkylation sites (tertiary alicyclic amines) is 1. The topological polar surface area (TPSA) is 3.24 Å². The van der Waals surface area contributed by atoms with Gasteiger partial charge in [-0.2, -0.15) is 0 Å². The largest absolute Gasteiger partial charge is 0.302 e. The van der Waals surface area contributed by atoms with Gasteiger partial charge in [0, 0.05) is 11.4 Å². The van der Waals surface area contributed by atoms with Gasteiger partial charge in [0.1, 0.15) is 0 Å². The van der Waals surface area contributed by atoms with E-state index in [1.54, 1.807) is 0 Å². The number of alkyl halides is 1. The van der Waals surface area contributed by atoms with Crippen LogP contribution in [0, 0.1) is 5.92 Å². The summed E-state index contributed by atoms with van der Waals surface area (Å²) in [4.78, 5) is 3.35. The van der Waals surface area contributed by atoms with Crippen LogP contribution in [0.1, 0.15) is 39.5 Å². The third-order valence-corrected chi connectivity index (χ3v) is 3.45. The second-order valence-corrected chi connectivity index (χ2v) is 5.87. The molecule has 1 nitrogen and oxygen atoms in total. The highest BCUT2D eigenvalue weighted by molar-refractivity contribution is 9.09. The summed E-state index contributed by atoms with van der Waals surface area (Å²) < 4.78 is 0. The van der Waals surface area contributed by atoms with Crippen LogP contribution >= 0.6 is 15.9 Å². The van der Waals surface area contributed by atoms with Gasteiger partial charge in [-0.25, -0.2) is 0 Å². The average Bonchev–Trinajstić information content (AvgIpc) is 2.03. The number of halogens is 1. The van der Waals surface area contributed by atoms with Gasteiger partial charge in [0.25, 0.3) is 0 Å². The van der Waals surface area contributed by atoms with Gasteiger partial charge in [0.05, 0.1) is 0 Å². The highest BCUT2D eigenvalue weighted by Gasteiger charge is 2.16. The van der Waals surface area contributed by atoms with E-state index < -0.39 is 0 Å². The summed E-state index contributed by atoms with van der Waals surface area (Å²) in [5, 5.41) is 0. The fraction of sp³-hybridized carbons (Fsp3) is 1.00. The standard InChI is InChI=1S/C11H22BrN/c1-10(2)5-3-7-13-8-4-6-11(12)9-13/h10-11H,3-9H2,1-2H3. The van der Waals surface area contributed by atoms with Crippen LogP contribution in [-0.4, -0.2) is 29.4 Å². The monoisotopic (exact) mass is 247 g/mol. The molecule has 1 atom stereocenters. The van der Waals surface area contributed by atoms with Crippen molar-refractivity contribution in [1.29, 1.82) is 0 Å². The molecular weight excluding hydrogens is 226 g/mol. The molecule has 0 spiro atoms. The summed E-state index contributed by atoms with van der Waals surface area (Å²) in [6.45, 7) is 8.51. The Balaban J connectivity index is 2.06. The van der Waals surface area contributed by atoms with E-state index in [-0.39, 0.29) is 0 Å². The summed E-state index contributed by atoms with van der Waals surface area (Å²) in [5.41, 5.74) is 0. The van der Waals surface area contributed by atoms with Gasteiger partial charge in [0.15, 0.2) is 0 Å². The predicted molar refractivity (Wildman–Crippen MR) is 62.5 cm³/mol. The molecule has 2 heteroatoms. The van der Waals surface area contributed by atoms with Crippen molar-refractivity contribution >= 4 is 15.9 Å². The Labute approximate surface area is 91.0 Å². The maximum atomic E-state index is 3.71. The molecule has 0 aromatic heterocycles. The number of piperidine rings is 1. The molecule has 1 rings (SSSR count). The van der Waals surface area contributed by atoms with Gasteiger partial charge in [-0.3, -0.25) is 0 Å². The minimum atomic E-state index is 0.750. The minimum Gasteiger partial charge on any atom is -0.302 e. The van der Waals surface area contributed by atoms with E-state index in [1.807, 2.05) is 0 Å². The molecule has 78 valence electrons. The Bertz CT molecular complexity index is 136. The van der Waals surface area contributed by atoms with Crippen molar-refractivity contribution in [2.24, 2.45) is 5.92 Å². The molecule has 0 saturated carbocycles. The second-order valence-electron chi connectivity index (χ2n) is 4.58. The van der Waals surface area contributed by atoms with E-state index in [4.69, 9.17) is 0 Å². The first-order valence-electron chi connectivity index (χ1n) is 5.55. The van der Waals surface area contributed by atoms with E-state index in [0.717, 1.165) is 10.7 Å². The van der Waals surface area contributed by atoms with E-state index in [0.29, 0.717) is 0 Å². The average molecular weight is 248 g/mol. The Morgan fingerprint density at radius 3 is 2.85 bits per heavy atom. The zero-order valence-electron chi connectivity index (χ0n) is 8.93. The van der Waals surface area contributed by atoms with E-state index in [2.05, 4.69) is 34.7 Å². The molecule has 0 N–H and O–H groups in total. The van der Waals surface area contributed by atoms with Crippen LogP contribution in [0.4, 0.5) is 0 Å². The molecule has 0 aromatic carbocycles. The predicted octanol–water partition coefficient (Wildman–Crippen LogP) is 3.28. The van der Waals surface area contributed by atoms with Gasteiger partial charge in [-0.1, -0.05) is 29.8 Å². The lowest BCUT2D eigenvalue weighted by molar-refractivity contribution is 0.228. The molecule has 0 bridgehead atoms. The van der Waals surface area contributed by atoms with Crippen LogP contribution in [0.5, 0.6) is 0 Å². The van der Waals surface area contributed by atoms with Crippen molar-refractivity contribution in [3.05, 3.63) is 0 Å². The summed E-state index contributed by atoms with van der Waals surface area (Å²) in [7, 11) is 0. The maximum absolute atomic E-state index is 3.71. The summed E-state index contributed by atoms with van der Waals surface area (Å²) >= 11 is 3.71. The summed E-state index contributed by atoms with van der Waals surface area (Å²) in [5.74, 6) is 0.865. The van der Waals surface area contributed by atoms with E-state index in [1.165, 1.54) is 45.3 Å². The van der Waals surface area contributed by atoms with Gasteiger partial charge in [-0.15, -0.1) is 0 Å². The van der Waals surface area contributed by atoms with Crippen LogP contribution in [-0.2, 0) is 0 Å². The van der Waals surface area contributed by atoms with Crippen molar-refractivity contribution in [3.63, 3.8) is 0 Å². The van der Waals surface area contributed by atoms with Gasteiger partial charge in [-0.05, 0) is 44.7 Å². The fourth-order valence-electron chi connectivity index (χ4n) is 1.93. The molecule has 0 aliphatic carbocycles. The first kappa shape index (κ1) is 11.5. The van der Waals surface area contributed by atoms with Crippen molar-refractivity contribution < 1.29 is 0 Å². The lowest BCUT2D eigenvalue weighted by Gasteiger charge is -2.29. The molecule has 13 heavy (non-hydrogen) atoms. The third-order valence-electron chi connectivity index (χ3n) is 2.70. The normalized spacial score (nSPS) is 25.4. The lowest BCUT2D eigenvalue weighted by Crippen LogP contribution is -2.36. The SMILES string of the molecule is CC(C)CCCN1CCCC(Br)C1. The molecule has 0 radical (unpaired) electrons. The number of rotatable bonds is 4. The Hall–Kier alpha value is 0.440. The van der Waals surface area contributed by atoms with Gasteiger partial charge < -0.3 is 4.90 Å². The molecule has 1 aliphatic heterocycles. The first-order chi connectivity index (χ1) is 6.18. The molecule has 1 unspecified atom stereocenters. The van der Waals surface area contributed by atoms with Crippen LogP contribution in [0.3, 0.4) is 0 Å². The van der Waals surface area contributed by atoms with Gasteiger partial charge in [0.2, 0.25) is 0 Å². The van der Waals surface area contributed by atoms with Crippen molar-refractivity contribution in [2.45, 2.75) is 44.4 Å². The Morgan fingerprint density at radius 1 is 1.46 bits per heavy atom. The number of hydrogen-bond donors (Lipinski definition) is 0. The van der Waals surface area contributed by atoms with Crippen molar-refractivity contribution in [1.82, 2.24) is 4.90 Å². The van der Waals surface area contributed by atoms with Crippen LogP contribution in [0.2, 0.25) is 0 Å². The van der Waals surface area contributed by atoms with Crippen molar-refractivity contribution in [3.8, 4) is 0 Å². The van der Waals surface area contributed by atoms with E-state index >= 15 is 0 Å². The number of nitrogens with zero attached hydrogens (tertiary/aromatic N) is 1. The fourth-order valence-corrected chi connectivity index (χ4v) is 2.66. The zero-order valence-corrected chi connectivity index (χ0v) is 10.5. The highest BCUT2D eigenvalue weighted by atomic mass is 79.9. The van der Waals surface area contributed by atoms with Gasteiger partial charge >= 0.3 is 0 Å². The third kappa shape index (κ3) is 5.02. The lowest BCUT2D eigenvalue weighted by atomic mass is 10.1. The van der Waals surface area contributed by atoms with Crippen molar-refractivity contribution in [2.75, 3.05) is 19.6 Å². The molecule has 0 amide bonds. The summed E-state index contributed by atoms with van der Waals surface area (Å²) in [6, 6.07) is 0.